The van der Waals surface area contributed by atoms with E-state index in [1.54, 1.807) is 12.1 Å². The van der Waals surface area contributed by atoms with E-state index in [0.29, 0.717) is 10.8 Å². The van der Waals surface area contributed by atoms with E-state index in [2.05, 4.69) is 0 Å². The molecule has 1 N–H and O–H groups in total. The SMILES string of the molecule is Cc1ccc(Cl)cc1OCC(O)CCl. The van der Waals surface area contributed by atoms with Gasteiger partial charge in [-0.2, -0.15) is 0 Å². The second-order valence-corrected chi connectivity index (χ2v) is 3.77. The molecule has 0 heterocycles. The summed E-state index contributed by atoms with van der Waals surface area (Å²) in [5, 5.41) is 9.81. The van der Waals surface area contributed by atoms with E-state index in [1.165, 1.54) is 0 Å². The van der Waals surface area contributed by atoms with E-state index in [-0.39, 0.29) is 12.5 Å². The van der Waals surface area contributed by atoms with Crippen LogP contribution in [-0.2, 0) is 0 Å². The van der Waals surface area contributed by atoms with Gasteiger partial charge in [0.2, 0.25) is 0 Å². The highest BCUT2D eigenvalue weighted by Gasteiger charge is 2.05. The molecule has 1 rings (SSSR count). The molecule has 0 saturated heterocycles. The maximum atomic E-state index is 9.19. The van der Waals surface area contributed by atoms with Crippen molar-refractivity contribution in [2.45, 2.75) is 13.0 Å². The predicted octanol–water partition coefficient (Wildman–Crippen LogP) is 2.63. The first-order valence-electron chi connectivity index (χ1n) is 4.26. The molecular formula is C10H12Cl2O2. The summed E-state index contributed by atoms with van der Waals surface area (Å²) in [6, 6.07) is 5.38. The second-order valence-electron chi connectivity index (χ2n) is 3.03. The van der Waals surface area contributed by atoms with Gasteiger partial charge < -0.3 is 9.84 Å². The molecular weight excluding hydrogens is 223 g/mol. The Hall–Kier alpha value is -0.440. The second kappa shape index (κ2) is 5.44. The molecule has 1 atom stereocenters. The molecule has 2 nitrogen and oxygen atoms in total. The number of alkyl halides is 1. The van der Waals surface area contributed by atoms with Gasteiger partial charge >= 0.3 is 0 Å². The Balaban J connectivity index is 2.62. The van der Waals surface area contributed by atoms with Crippen LogP contribution in [0.3, 0.4) is 0 Å². The fourth-order valence-corrected chi connectivity index (χ4v) is 1.21. The Morgan fingerprint density at radius 2 is 2.21 bits per heavy atom. The van der Waals surface area contributed by atoms with Gasteiger partial charge in [-0.3, -0.25) is 0 Å². The Morgan fingerprint density at radius 3 is 2.86 bits per heavy atom. The number of benzene rings is 1. The molecule has 14 heavy (non-hydrogen) atoms. The minimum Gasteiger partial charge on any atom is -0.491 e. The van der Waals surface area contributed by atoms with Gasteiger partial charge in [0.15, 0.2) is 0 Å². The van der Waals surface area contributed by atoms with Crippen LogP contribution in [0.2, 0.25) is 5.02 Å². The highest BCUT2D eigenvalue weighted by atomic mass is 35.5. The molecule has 1 unspecified atom stereocenters. The molecule has 78 valence electrons. The zero-order valence-corrected chi connectivity index (χ0v) is 9.35. The average molecular weight is 235 g/mol. The monoisotopic (exact) mass is 234 g/mol. The van der Waals surface area contributed by atoms with Gasteiger partial charge in [-0.15, -0.1) is 11.6 Å². The van der Waals surface area contributed by atoms with Gasteiger partial charge in [0, 0.05) is 5.02 Å². The van der Waals surface area contributed by atoms with Crippen LogP contribution in [0.5, 0.6) is 5.75 Å². The number of aliphatic hydroxyl groups excluding tert-OH is 1. The first-order valence-corrected chi connectivity index (χ1v) is 5.17. The largest absolute Gasteiger partial charge is 0.491 e. The van der Waals surface area contributed by atoms with Crippen molar-refractivity contribution >= 4 is 23.2 Å². The first-order chi connectivity index (χ1) is 6.63. The van der Waals surface area contributed by atoms with Crippen molar-refractivity contribution in [3.8, 4) is 5.75 Å². The van der Waals surface area contributed by atoms with E-state index in [1.807, 2.05) is 13.0 Å². The number of ether oxygens (including phenoxy) is 1. The minimum absolute atomic E-state index is 0.166. The average Bonchev–Trinajstić information content (AvgIpc) is 2.19. The molecule has 0 aliphatic carbocycles. The number of aryl methyl sites for hydroxylation is 1. The van der Waals surface area contributed by atoms with Crippen molar-refractivity contribution < 1.29 is 9.84 Å². The lowest BCUT2D eigenvalue weighted by atomic mass is 10.2. The van der Waals surface area contributed by atoms with Crippen molar-refractivity contribution in [2.24, 2.45) is 0 Å². The normalized spacial score (nSPS) is 12.6. The quantitative estimate of drug-likeness (QED) is 0.813. The van der Waals surface area contributed by atoms with Crippen LogP contribution >= 0.6 is 23.2 Å². The summed E-state index contributed by atoms with van der Waals surface area (Å²) in [5.41, 5.74) is 0.983. The molecule has 0 bridgehead atoms. The molecule has 0 spiro atoms. The van der Waals surface area contributed by atoms with Crippen molar-refractivity contribution in [2.75, 3.05) is 12.5 Å². The summed E-state index contributed by atoms with van der Waals surface area (Å²) >= 11 is 11.2. The van der Waals surface area contributed by atoms with Crippen LogP contribution < -0.4 is 4.74 Å². The van der Waals surface area contributed by atoms with E-state index in [9.17, 15) is 5.11 Å². The van der Waals surface area contributed by atoms with E-state index < -0.39 is 6.10 Å². The third-order valence-electron chi connectivity index (χ3n) is 1.76. The third-order valence-corrected chi connectivity index (χ3v) is 2.35. The lowest BCUT2D eigenvalue weighted by Crippen LogP contribution is -2.19. The van der Waals surface area contributed by atoms with Gasteiger partial charge in [0.05, 0.1) is 5.88 Å². The number of rotatable bonds is 4. The molecule has 1 aromatic carbocycles. The molecule has 0 amide bonds. The standard InChI is InChI=1S/C10H12Cl2O2/c1-7-2-3-8(12)4-10(7)14-6-9(13)5-11/h2-4,9,13H,5-6H2,1H3. The summed E-state index contributed by atoms with van der Waals surface area (Å²) in [5.74, 6) is 0.848. The lowest BCUT2D eigenvalue weighted by molar-refractivity contribution is 0.125. The minimum atomic E-state index is -0.643. The molecule has 0 saturated carbocycles. The van der Waals surface area contributed by atoms with Gasteiger partial charge in [0.1, 0.15) is 18.5 Å². The third kappa shape index (κ3) is 3.37. The molecule has 4 heteroatoms. The molecule has 0 radical (unpaired) electrons. The summed E-state index contributed by atoms with van der Waals surface area (Å²) < 4.78 is 5.35. The molecule has 0 aliphatic rings. The van der Waals surface area contributed by atoms with E-state index in [4.69, 9.17) is 27.9 Å². The van der Waals surface area contributed by atoms with Crippen LogP contribution in [0.4, 0.5) is 0 Å². The summed E-state index contributed by atoms with van der Waals surface area (Å²) in [7, 11) is 0. The number of aliphatic hydroxyl groups is 1. The fraction of sp³-hybridized carbons (Fsp3) is 0.400. The summed E-state index contributed by atoms with van der Waals surface area (Å²) in [6.45, 7) is 2.10. The molecule has 0 fully saturated rings. The number of halogens is 2. The van der Waals surface area contributed by atoms with E-state index in [0.717, 1.165) is 5.56 Å². The smallest absolute Gasteiger partial charge is 0.123 e. The fourth-order valence-electron chi connectivity index (χ4n) is 0.960. The Bertz CT molecular complexity index is 302. The number of hydrogen-bond donors (Lipinski definition) is 1. The van der Waals surface area contributed by atoms with Crippen molar-refractivity contribution in [3.63, 3.8) is 0 Å². The van der Waals surface area contributed by atoms with Gasteiger partial charge in [-0.1, -0.05) is 17.7 Å². The van der Waals surface area contributed by atoms with Crippen LogP contribution in [-0.4, -0.2) is 23.7 Å². The predicted molar refractivity (Wildman–Crippen MR) is 58.4 cm³/mol. The maximum absolute atomic E-state index is 9.19. The zero-order valence-electron chi connectivity index (χ0n) is 7.84. The first kappa shape index (κ1) is 11.6. The van der Waals surface area contributed by atoms with Crippen molar-refractivity contribution in [1.82, 2.24) is 0 Å². The molecule has 0 aromatic heterocycles. The molecule has 1 aromatic rings. The Labute approximate surface area is 93.4 Å². The topological polar surface area (TPSA) is 29.5 Å². The highest BCUT2D eigenvalue weighted by Crippen LogP contribution is 2.22. The van der Waals surface area contributed by atoms with E-state index >= 15 is 0 Å². The van der Waals surface area contributed by atoms with Crippen LogP contribution in [0.25, 0.3) is 0 Å². The van der Waals surface area contributed by atoms with Gasteiger partial charge in [-0.05, 0) is 24.6 Å². The van der Waals surface area contributed by atoms with Gasteiger partial charge in [0.25, 0.3) is 0 Å². The van der Waals surface area contributed by atoms with Crippen LogP contribution in [0.15, 0.2) is 18.2 Å². The van der Waals surface area contributed by atoms with Crippen LogP contribution in [0.1, 0.15) is 5.56 Å². The number of hydrogen-bond acceptors (Lipinski definition) is 2. The molecule has 0 aliphatic heterocycles. The zero-order chi connectivity index (χ0) is 10.6. The van der Waals surface area contributed by atoms with Crippen molar-refractivity contribution in [1.29, 1.82) is 0 Å². The Kier molecular flexibility index (Phi) is 4.52. The summed E-state index contributed by atoms with van der Waals surface area (Å²) in [6.07, 6.45) is -0.643. The maximum Gasteiger partial charge on any atom is 0.123 e. The van der Waals surface area contributed by atoms with Crippen LogP contribution in [0, 0.1) is 6.92 Å². The van der Waals surface area contributed by atoms with Crippen molar-refractivity contribution in [3.05, 3.63) is 28.8 Å². The lowest BCUT2D eigenvalue weighted by Gasteiger charge is -2.11. The highest BCUT2D eigenvalue weighted by molar-refractivity contribution is 6.30. The summed E-state index contributed by atoms with van der Waals surface area (Å²) in [4.78, 5) is 0. The van der Waals surface area contributed by atoms with Gasteiger partial charge in [-0.25, -0.2) is 0 Å². The Morgan fingerprint density at radius 1 is 1.50 bits per heavy atom.